The molecule has 0 bridgehead atoms. The maximum atomic E-state index is 13.3. The number of aryl methyl sites for hydroxylation is 1. The molecule has 1 amide bonds. The van der Waals surface area contributed by atoms with E-state index in [1.807, 2.05) is 32.2 Å². The highest BCUT2D eigenvalue weighted by Gasteiger charge is 2.51. The second-order valence-corrected chi connectivity index (χ2v) is 12.8. The largest absolute Gasteiger partial charge is 0.458 e. The Labute approximate surface area is 235 Å². The van der Waals surface area contributed by atoms with Crippen molar-refractivity contribution in [2.75, 3.05) is 13.7 Å². The molecule has 0 aliphatic carbocycles. The van der Waals surface area contributed by atoms with Crippen LogP contribution in [0.2, 0.25) is 0 Å². The molecule has 0 radical (unpaired) electrons. The Hall–Kier alpha value is -2.14. The number of aliphatic hydroxyl groups excluding tert-OH is 2. The minimum Gasteiger partial charge on any atom is -0.458 e. The maximum Gasteiger partial charge on any atom is 0.309 e. The van der Waals surface area contributed by atoms with Crippen molar-refractivity contribution in [2.24, 2.45) is 17.3 Å². The molecule has 1 aromatic rings. The van der Waals surface area contributed by atoms with Gasteiger partial charge in [0.25, 0.3) is 0 Å². The van der Waals surface area contributed by atoms with E-state index in [-0.39, 0.29) is 42.7 Å². The number of hydrogen-bond acceptors (Lipinski definition) is 9. The molecular formula is C29H44N2O7S. The second-order valence-electron chi connectivity index (χ2n) is 11.8. The minimum absolute atomic E-state index is 0.0241. The fourth-order valence-electron chi connectivity index (χ4n) is 5.66. The lowest BCUT2D eigenvalue weighted by Crippen LogP contribution is -2.45. The van der Waals surface area contributed by atoms with Crippen LogP contribution >= 0.6 is 11.3 Å². The number of ketones is 1. The normalized spacial score (nSPS) is 32.9. The number of rotatable bonds is 4. The molecule has 2 fully saturated rings. The van der Waals surface area contributed by atoms with Crippen LogP contribution in [-0.2, 0) is 23.9 Å². The summed E-state index contributed by atoms with van der Waals surface area (Å²) >= 11 is 1.53. The zero-order valence-electron chi connectivity index (χ0n) is 24.2. The van der Waals surface area contributed by atoms with Gasteiger partial charge in [-0.05, 0) is 44.3 Å². The SMILES string of the molecule is COCC(=O)N1[C@H]2CCC[C@@H](C)[C@@H](O)[C@H](C)C(=O)C(C)(C)[C@H](O)CC(=O)O[C@@H](C(C)=Cc3csc(C)n3)C[C@@H]21. The molecule has 0 spiro atoms. The van der Waals surface area contributed by atoms with Crippen LogP contribution in [0.5, 0.6) is 0 Å². The summed E-state index contributed by atoms with van der Waals surface area (Å²) in [6.45, 7) is 10.6. The lowest BCUT2D eigenvalue weighted by atomic mass is 9.73. The Morgan fingerprint density at radius 3 is 2.56 bits per heavy atom. The first kappa shape index (κ1) is 31.4. The van der Waals surface area contributed by atoms with Gasteiger partial charge in [-0.3, -0.25) is 14.4 Å². The molecule has 39 heavy (non-hydrogen) atoms. The van der Waals surface area contributed by atoms with Crippen molar-refractivity contribution in [3.63, 3.8) is 0 Å². The van der Waals surface area contributed by atoms with Gasteiger partial charge in [0, 0.05) is 24.8 Å². The lowest BCUT2D eigenvalue weighted by molar-refractivity contribution is -0.154. The minimum atomic E-state index is -1.28. The summed E-state index contributed by atoms with van der Waals surface area (Å²) in [4.78, 5) is 45.5. The summed E-state index contributed by atoms with van der Waals surface area (Å²) in [5, 5.41) is 24.7. The highest BCUT2D eigenvalue weighted by molar-refractivity contribution is 7.09. The van der Waals surface area contributed by atoms with E-state index in [1.54, 1.807) is 25.7 Å². The van der Waals surface area contributed by atoms with E-state index in [0.717, 1.165) is 29.1 Å². The number of esters is 1. The number of carbonyl (C=O) groups excluding carboxylic acids is 3. The molecule has 2 N–H and O–H groups in total. The predicted octanol–water partition coefficient (Wildman–Crippen LogP) is 3.55. The van der Waals surface area contributed by atoms with Gasteiger partial charge in [0.05, 0.1) is 46.8 Å². The molecule has 1 aromatic heterocycles. The number of methoxy groups -OCH3 is 1. The Balaban J connectivity index is 1.92. The van der Waals surface area contributed by atoms with Crippen LogP contribution in [0.3, 0.4) is 0 Å². The predicted molar refractivity (Wildman–Crippen MR) is 149 cm³/mol. The first-order valence-electron chi connectivity index (χ1n) is 13.8. The van der Waals surface area contributed by atoms with Crippen LogP contribution in [0.25, 0.3) is 6.08 Å². The number of amides is 1. The fraction of sp³-hybridized carbons (Fsp3) is 0.724. The Bertz CT molecular complexity index is 1070. The first-order valence-corrected chi connectivity index (χ1v) is 14.7. The highest BCUT2D eigenvalue weighted by Crippen LogP contribution is 2.39. The number of hydrogen-bond donors (Lipinski definition) is 2. The third-order valence-corrected chi connectivity index (χ3v) is 9.16. The summed E-state index contributed by atoms with van der Waals surface area (Å²) in [6.07, 6.45) is 1.32. The standard InChI is InChI=1S/C29H44N2O7S/c1-16-9-8-10-21-22(31(21)25(33)14-37-7)12-23(17(2)11-20-15-39-19(4)30-20)38-26(34)13-24(32)29(5,6)28(36)18(3)27(16)35/h11,15-16,18,21-24,27,32,35H,8-10,12-14H2,1-7H3/t16-,18+,21+,22+,23-,24-,27-,31?/m1/s1. The molecule has 0 saturated carbocycles. The van der Waals surface area contributed by atoms with Gasteiger partial charge >= 0.3 is 5.97 Å². The smallest absolute Gasteiger partial charge is 0.309 e. The van der Waals surface area contributed by atoms with Gasteiger partial charge in [-0.1, -0.05) is 34.1 Å². The summed E-state index contributed by atoms with van der Waals surface area (Å²) < 4.78 is 11.0. The van der Waals surface area contributed by atoms with Crippen LogP contribution in [-0.4, -0.2) is 81.9 Å². The number of carbonyl (C=O) groups is 3. The Kier molecular flexibility index (Phi) is 10.5. The molecule has 9 nitrogen and oxygen atoms in total. The number of fused-ring (bicyclic) bond motifs is 1. The van der Waals surface area contributed by atoms with Crippen LogP contribution in [0.1, 0.15) is 77.4 Å². The van der Waals surface area contributed by atoms with Crippen LogP contribution in [0.4, 0.5) is 0 Å². The zero-order valence-corrected chi connectivity index (χ0v) is 25.0. The lowest BCUT2D eigenvalue weighted by Gasteiger charge is -2.34. The van der Waals surface area contributed by atoms with E-state index in [9.17, 15) is 24.6 Å². The van der Waals surface area contributed by atoms with Gasteiger partial charge < -0.3 is 24.6 Å². The second kappa shape index (κ2) is 13.0. The molecule has 7 atom stereocenters. The van der Waals surface area contributed by atoms with E-state index in [2.05, 4.69) is 4.98 Å². The van der Waals surface area contributed by atoms with E-state index in [1.165, 1.54) is 18.4 Å². The molecule has 218 valence electrons. The van der Waals surface area contributed by atoms with Crippen molar-refractivity contribution >= 4 is 35.1 Å². The summed E-state index contributed by atoms with van der Waals surface area (Å²) in [7, 11) is 1.48. The first-order chi connectivity index (χ1) is 18.3. The van der Waals surface area contributed by atoms with Crippen molar-refractivity contribution < 1.29 is 34.1 Å². The quantitative estimate of drug-likeness (QED) is 0.420. The molecule has 3 rings (SSSR count). The number of thiazole rings is 1. The Morgan fingerprint density at radius 1 is 1.26 bits per heavy atom. The van der Waals surface area contributed by atoms with Gasteiger partial charge in [0.15, 0.2) is 0 Å². The maximum absolute atomic E-state index is 13.3. The summed E-state index contributed by atoms with van der Waals surface area (Å²) in [5.74, 6) is -1.89. The number of cyclic esters (lactones) is 1. The third kappa shape index (κ3) is 7.54. The Morgan fingerprint density at radius 2 is 1.95 bits per heavy atom. The van der Waals surface area contributed by atoms with E-state index in [0.29, 0.717) is 12.8 Å². The molecule has 0 unspecified atom stereocenters. The highest BCUT2D eigenvalue weighted by atomic mass is 32.1. The number of nitrogens with zero attached hydrogens (tertiary/aromatic N) is 2. The summed E-state index contributed by atoms with van der Waals surface area (Å²) in [5.41, 5.74) is 0.306. The van der Waals surface area contributed by atoms with Crippen LogP contribution in [0, 0.1) is 24.2 Å². The van der Waals surface area contributed by atoms with Gasteiger partial charge in [0.2, 0.25) is 5.91 Å². The number of Topliss-reactive ketones (excluding diaryl/α,β-unsaturated/α-hetero) is 1. The van der Waals surface area contributed by atoms with E-state index < -0.39 is 35.6 Å². The van der Waals surface area contributed by atoms with Crippen LogP contribution < -0.4 is 0 Å². The summed E-state index contributed by atoms with van der Waals surface area (Å²) in [6, 6.07) is -0.148. The zero-order chi connectivity index (χ0) is 29.1. The van der Waals surface area contributed by atoms with Crippen molar-refractivity contribution in [2.45, 2.75) is 104 Å². The monoisotopic (exact) mass is 564 g/mol. The van der Waals surface area contributed by atoms with E-state index >= 15 is 0 Å². The number of ether oxygens (including phenoxy) is 2. The topological polar surface area (TPSA) is 126 Å². The third-order valence-electron chi connectivity index (χ3n) is 8.37. The molecule has 2 saturated heterocycles. The number of aromatic nitrogens is 1. The molecule has 0 aromatic carbocycles. The molecular weight excluding hydrogens is 520 g/mol. The van der Waals surface area contributed by atoms with Crippen molar-refractivity contribution in [3.8, 4) is 0 Å². The molecule has 10 heteroatoms. The van der Waals surface area contributed by atoms with Gasteiger partial charge in [0.1, 0.15) is 18.5 Å². The average Bonchev–Trinajstić information content (AvgIpc) is 3.39. The fourth-order valence-corrected chi connectivity index (χ4v) is 6.23. The van der Waals surface area contributed by atoms with E-state index in [4.69, 9.17) is 9.47 Å². The molecule has 2 aliphatic rings. The average molecular weight is 565 g/mol. The van der Waals surface area contributed by atoms with Gasteiger partial charge in [-0.25, -0.2) is 4.98 Å². The van der Waals surface area contributed by atoms with Crippen LogP contribution in [0.15, 0.2) is 11.0 Å². The van der Waals surface area contributed by atoms with Gasteiger partial charge in [-0.2, -0.15) is 0 Å². The molecule has 2 aliphatic heterocycles. The van der Waals surface area contributed by atoms with Crippen molar-refractivity contribution in [1.82, 2.24) is 9.88 Å². The molecule has 3 heterocycles. The van der Waals surface area contributed by atoms with Crippen molar-refractivity contribution in [1.29, 1.82) is 0 Å². The van der Waals surface area contributed by atoms with Crippen molar-refractivity contribution in [3.05, 3.63) is 21.7 Å². The van der Waals surface area contributed by atoms with Gasteiger partial charge in [-0.15, -0.1) is 11.3 Å². The number of aliphatic hydroxyl groups is 2.